The second kappa shape index (κ2) is 7.07. The van der Waals surface area contributed by atoms with E-state index in [4.69, 9.17) is 9.90 Å². The summed E-state index contributed by atoms with van der Waals surface area (Å²) in [6, 6.07) is 0. The lowest BCUT2D eigenvalue weighted by molar-refractivity contribution is 0.0266. The molecule has 0 aromatic carbocycles. The Hall–Kier alpha value is -0.280. The van der Waals surface area contributed by atoms with Gasteiger partial charge in [-0.3, -0.25) is 0 Å². The zero-order valence-corrected chi connectivity index (χ0v) is 10.4. The van der Waals surface area contributed by atoms with Crippen molar-refractivity contribution in [1.82, 2.24) is 0 Å². The third-order valence-corrected chi connectivity index (χ3v) is 2.99. The van der Waals surface area contributed by atoms with Crippen LogP contribution in [0.2, 0.25) is 0 Å². The summed E-state index contributed by atoms with van der Waals surface area (Å²) < 4.78 is 0. The van der Waals surface area contributed by atoms with Crippen molar-refractivity contribution in [2.24, 2.45) is 17.8 Å². The Morgan fingerprint density at radius 1 is 1.40 bits per heavy atom. The van der Waals surface area contributed by atoms with Gasteiger partial charge in [-0.05, 0) is 30.6 Å². The maximum atomic E-state index is 9.71. The van der Waals surface area contributed by atoms with Gasteiger partial charge in [0.1, 0.15) is 0 Å². The molecule has 0 aliphatic heterocycles. The van der Waals surface area contributed by atoms with Crippen LogP contribution in [0.1, 0.15) is 40.0 Å². The van der Waals surface area contributed by atoms with Gasteiger partial charge in [0.25, 0.3) is 0 Å². The maximum absolute atomic E-state index is 9.71. The van der Waals surface area contributed by atoms with E-state index in [0.717, 1.165) is 12.3 Å². The van der Waals surface area contributed by atoms with Crippen molar-refractivity contribution in [3.63, 3.8) is 0 Å². The van der Waals surface area contributed by atoms with Crippen LogP contribution in [-0.4, -0.2) is 21.7 Å². The van der Waals surface area contributed by atoms with Crippen LogP contribution in [0.25, 0.3) is 0 Å². The van der Waals surface area contributed by atoms with Gasteiger partial charge >= 0.3 is 5.43 Å². The van der Waals surface area contributed by atoms with Crippen LogP contribution in [0.15, 0.2) is 0 Å². The zero-order chi connectivity index (χ0) is 12.0. The Balaban J connectivity index is 0.000000423. The smallest absolute Gasteiger partial charge is 0.401 e. The molecule has 0 heterocycles. The first-order valence-corrected chi connectivity index (χ1v) is 5.78. The molecule has 15 heavy (non-hydrogen) atoms. The van der Waals surface area contributed by atoms with Crippen molar-refractivity contribution >= 4 is 17.0 Å². The summed E-state index contributed by atoms with van der Waals surface area (Å²) in [6.45, 7) is 6.66. The fourth-order valence-corrected chi connectivity index (χ4v) is 2.15. The average Bonchev–Trinajstić information content (AvgIpc) is 2.01. The number of rotatable bonds is 1. The minimum absolute atomic E-state index is 0.0289. The maximum Gasteiger partial charge on any atom is 0.401 e. The largest absolute Gasteiger partial charge is 0.469 e. The standard InChI is InChI=1S/C10H20O.CHClO2/c1-7(2)9-5-4-8(3)6-10(9)11;2-1(3)4/h7-11H,4-6H2,1-3H3;(H,3,4). The van der Waals surface area contributed by atoms with Gasteiger partial charge in [-0.25, -0.2) is 4.79 Å². The highest BCUT2D eigenvalue weighted by Gasteiger charge is 2.28. The second-order valence-electron chi connectivity index (χ2n) is 4.65. The molecule has 0 spiro atoms. The van der Waals surface area contributed by atoms with Crippen molar-refractivity contribution in [1.29, 1.82) is 0 Å². The van der Waals surface area contributed by atoms with Gasteiger partial charge in [0.2, 0.25) is 0 Å². The van der Waals surface area contributed by atoms with Gasteiger partial charge in [-0.2, -0.15) is 0 Å². The number of hydrogen-bond donors (Lipinski definition) is 2. The lowest BCUT2D eigenvalue weighted by atomic mass is 9.75. The van der Waals surface area contributed by atoms with E-state index < -0.39 is 5.43 Å². The molecule has 3 unspecified atom stereocenters. The van der Waals surface area contributed by atoms with Crippen molar-refractivity contribution in [2.45, 2.75) is 46.1 Å². The Kier molecular flexibility index (Phi) is 6.94. The van der Waals surface area contributed by atoms with E-state index in [1.165, 1.54) is 12.8 Å². The molecule has 0 radical (unpaired) electrons. The third-order valence-electron chi connectivity index (χ3n) is 2.99. The summed E-state index contributed by atoms with van der Waals surface area (Å²) in [5.74, 6) is 1.95. The monoisotopic (exact) mass is 236 g/mol. The molecule has 90 valence electrons. The van der Waals surface area contributed by atoms with Crippen LogP contribution in [0.4, 0.5) is 4.79 Å². The van der Waals surface area contributed by atoms with Crippen molar-refractivity contribution < 1.29 is 15.0 Å². The quantitative estimate of drug-likeness (QED) is 0.687. The molecule has 1 aliphatic carbocycles. The van der Waals surface area contributed by atoms with Crippen molar-refractivity contribution in [3.8, 4) is 0 Å². The highest BCUT2D eigenvalue weighted by molar-refractivity contribution is 6.60. The summed E-state index contributed by atoms with van der Waals surface area (Å²) in [6.07, 6.45) is 3.52. The number of carbonyl (C=O) groups is 1. The average molecular weight is 237 g/mol. The molecule has 0 bridgehead atoms. The summed E-state index contributed by atoms with van der Waals surface area (Å²) in [4.78, 5) is 8.77. The molecule has 3 atom stereocenters. The van der Waals surface area contributed by atoms with Gasteiger partial charge in [-0.1, -0.05) is 27.2 Å². The molecule has 0 amide bonds. The van der Waals surface area contributed by atoms with Crippen molar-refractivity contribution in [2.75, 3.05) is 0 Å². The normalized spacial score (nSPS) is 30.7. The molecule has 0 aromatic heterocycles. The van der Waals surface area contributed by atoms with Crippen molar-refractivity contribution in [3.05, 3.63) is 0 Å². The molecule has 1 aliphatic rings. The summed E-state index contributed by atoms with van der Waals surface area (Å²) >= 11 is 4.19. The predicted octanol–water partition coefficient (Wildman–Crippen LogP) is 3.34. The minimum atomic E-state index is -1.36. The van der Waals surface area contributed by atoms with E-state index >= 15 is 0 Å². The van der Waals surface area contributed by atoms with Gasteiger partial charge in [0, 0.05) is 11.6 Å². The fraction of sp³-hybridized carbons (Fsp3) is 0.909. The number of carboxylic acid groups (broad SMARTS) is 1. The molecule has 1 rings (SSSR count). The number of hydrogen-bond acceptors (Lipinski definition) is 2. The van der Waals surface area contributed by atoms with Crippen LogP contribution in [0, 0.1) is 17.8 Å². The molecule has 1 saturated carbocycles. The van der Waals surface area contributed by atoms with Gasteiger partial charge in [-0.15, -0.1) is 0 Å². The summed E-state index contributed by atoms with van der Waals surface area (Å²) in [7, 11) is 0. The molecule has 4 heteroatoms. The Morgan fingerprint density at radius 3 is 2.20 bits per heavy atom. The zero-order valence-electron chi connectivity index (χ0n) is 9.61. The first-order valence-electron chi connectivity index (χ1n) is 5.41. The number of aliphatic hydroxyl groups excluding tert-OH is 1. The van der Waals surface area contributed by atoms with Crippen LogP contribution in [0.3, 0.4) is 0 Å². The van der Waals surface area contributed by atoms with Crippen LogP contribution in [-0.2, 0) is 0 Å². The second-order valence-corrected chi connectivity index (χ2v) is 4.97. The lowest BCUT2D eigenvalue weighted by Crippen LogP contribution is -2.31. The van der Waals surface area contributed by atoms with E-state index in [1.54, 1.807) is 0 Å². The topological polar surface area (TPSA) is 57.5 Å². The third kappa shape index (κ3) is 6.74. The van der Waals surface area contributed by atoms with Gasteiger partial charge in [0.15, 0.2) is 0 Å². The first kappa shape index (κ1) is 14.7. The van der Waals surface area contributed by atoms with Crippen LogP contribution >= 0.6 is 11.6 Å². The molecule has 0 aromatic rings. The number of aliphatic hydroxyl groups is 1. The van der Waals surface area contributed by atoms with E-state index in [1.807, 2.05) is 0 Å². The van der Waals surface area contributed by atoms with Gasteiger partial charge < -0.3 is 10.2 Å². The SMILES string of the molecule is CC1CCC(C(C)C)C(O)C1.O=C(O)Cl. The Labute approximate surface area is 96.4 Å². The van der Waals surface area contributed by atoms with Gasteiger partial charge in [0.05, 0.1) is 6.10 Å². The molecule has 3 nitrogen and oxygen atoms in total. The van der Waals surface area contributed by atoms with Crippen LogP contribution in [0.5, 0.6) is 0 Å². The van der Waals surface area contributed by atoms with E-state index in [0.29, 0.717) is 11.8 Å². The van der Waals surface area contributed by atoms with E-state index in [2.05, 4.69) is 32.4 Å². The van der Waals surface area contributed by atoms with E-state index in [9.17, 15) is 5.11 Å². The lowest BCUT2D eigenvalue weighted by Gasteiger charge is -2.33. The minimum Gasteiger partial charge on any atom is -0.469 e. The van der Waals surface area contributed by atoms with Crippen LogP contribution < -0.4 is 0 Å². The molecule has 1 fully saturated rings. The Morgan fingerprint density at radius 2 is 1.87 bits per heavy atom. The predicted molar refractivity (Wildman–Crippen MR) is 61.2 cm³/mol. The Bertz CT molecular complexity index is 190. The molecule has 0 saturated heterocycles. The summed E-state index contributed by atoms with van der Waals surface area (Å²) in [5.41, 5.74) is -1.36. The highest BCUT2D eigenvalue weighted by atomic mass is 35.5. The molecular weight excluding hydrogens is 216 g/mol. The van der Waals surface area contributed by atoms with E-state index in [-0.39, 0.29) is 6.10 Å². The number of halogens is 1. The molecule has 2 N–H and O–H groups in total. The fourth-order valence-electron chi connectivity index (χ4n) is 2.15. The molecular formula is C11H21ClO3. The first-order chi connectivity index (χ1) is 6.84. The summed E-state index contributed by atoms with van der Waals surface area (Å²) in [5, 5.41) is 16.9. The highest BCUT2D eigenvalue weighted by Crippen LogP contribution is 2.33.